The number of methoxy groups -OCH3 is 1. The molecule has 0 unspecified atom stereocenters. The smallest absolute Gasteiger partial charge is 0.238 e. The van der Waals surface area contributed by atoms with E-state index in [0.29, 0.717) is 23.3 Å². The molecule has 1 heterocycles. The van der Waals surface area contributed by atoms with Crippen LogP contribution in [0.25, 0.3) is 0 Å². The zero-order valence-corrected chi connectivity index (χ0v) is 11.4. The van der Waals surface area contributed by atoms with Gasteiger partial charge < -0.3 is 4.74 Å². The topological polar surface area (TPSA) is 46.6 Å². The van der Waals surface area contributed by atoms with Gasteiger partial charge in [0.25, 0.3) is 0 Å². The molecule has 3 fully saturated rings. The first-order valence-corrected chi connectivity index (χ1v) is 7.23. The molecule has 4 nitrogen and oxygen atoms in total. The molecule has 2 aliphatic carbocycles. The van der Waals surface area contributed by atoms with E-state index in [2.05, 4.69) is 0 Å². The number of carbonyl (C=O) groups excluding carboxylic acids is 2. The van der Waals surface area contributed by atoms with Crippen LogP contribution in [0.5, 0.6) is 5.75 Å². The molecule has 0 N–H and O–H groups in total. The number of hydrogen-bond donors (Lipinski definition) is 0. The number of para-hydroxylation sites is 2. The van der Waals surface area contributed by atoms with Crippen LogP contribution >= 0.6 is 0 Å². The van der Waals surface area contributed by atoms with Crippen molar-refractivity contribution in [3.8, 4) is 5.75 Å². The van der Waals surface area contributed by atoms with E-state index in [9.17, 15) is 9.59 Å². The first kappa shape index (κ1) is 11.9. The summed E-state index contributed by atoms with van der Waals surface area (Å²) in [4.78, 5) is 26.8. The average Bonchev–Trinajstić information content (AvgIpc) is 3.13. The summed E-state index contributed by atoms with van der Waals surface area (Å²) in [6.07, 6.45) is 3.27. The van der Waals surface area contributed by atoms with E-state index in [4.69, 9.17) is 4.74 Å². The van der Waals surface area contributed by atoms with Gasteiger partial charge in [0.2, 0.25) is 11.8 Å². The zero-order chi connectivity index (χ0) is 13.9. The molecule has 0 spiro atoms. The normalized spacial score (nSPS) is 34.8. The molecule has 2 saturated carbocycles. The number of ether oxygens (including phenoxy) is 1. The highest BCUT2D eigenvalue weighted by molar-refractivity contribution is 6.23. The highest BCUT2D eigenvalue weighted by Crippen LogP contribution is 2.57. The molecule has 4 rings (SSSR count). The van der Waals surface area contributed by atoms with Crippen LogP contribution in [0.3, 0.4) is 0 Å². The summed E-state index contributed by atoms with van der Waals surface area (Å²) in [6, 6.07) is 7.26. The fraction of sp³-hybridized carbons (Fsp3) is 0.500. The van der Waals surface area contributed by atoms with Crippen molar-refractivity contribution in [2.24, 2.45) is 23.7 Å². The van der Waals surface area contributed by atoms with Crippen LogP contribution in [0.15, 0.2) is 24.3 Å². The zero-order valence-electron chi connectivity index (χ0n) is 11.4. The number of amides is 2. The largest absolute Gasteiger partial charge is 0.495 e. The van der Waals surface area contributed by atoms with Crippen LogP contribution < -0.4 is 9.64 Å². The van der Waals surface area contributed by atoms with E-state index in [1.165, 1.54) is 4.90 Å². The maximum atomic E-state index is 12.7. The lowest BCUT2D eigenvalue weighted by molar-refractivity contribution is -0.123. The van der Waals surface area contributed by atoms with Gasteiger partial charge in [-0.15, -0.1) is 0 Å². The van der Waals surface area contributed by atoms with Gasteiger partial charge in [0.1, 0.15) is 5.75 Å². The molecule has 20 heavy (non-hydrogen) atoms. The molecule has 2 amide bonds. The average molecular weight is 271 g/mol. The Morgan fingerprint density at radius 2 is 1.65 bits per heavy atom. The van der Waals surface area contributed by atoms with Gasteiger partial charge in [-0.3, -0.25) is 9.59 Å². The lowest BCUT2D eigenvalue weighted by atomic mass is 9.81. The number of nitrogens with zero attached hydrogens (tertiary/aromatic N) is 1. The van der Waals surface area contributed by atoms with Crippen LogP contribution in [0.1, 0.15) is 19.3 Å². The second kappa shape index (κ2) is 4.08. The Kier molecular flexibility index (Phi) is 2.43. The monoisotopic (exact) mass is 271 g/mol. The number of fused-ring (bicyclic) bond motifs is 5. The molecule has 2 bridgehead atoms. The third-order valence-electron chi connectivity index (χ3n) is 5.25. The molecule has 1 aliphatic heterocycles. The lowest BCUT2D eigenvalue weighted by Gasteiger charge is -2.19. The first-order valence-electron chi connectivity index (χ1n) is 7.23. The third kappa shape index (κ3) is 1.37. The van der Waals surface area contributed by atoms with Gasteiger partial charge in [0.05, 0.1) is 24.6 Å². The molecular formula is C16H17NO3. The number of hydrogen-bond acceptors (Lipinski definition) is 3. The van der Waals surface area contributed by atoms with Crippen molar-refractivity contribution in [2.45, 2.75) is 19.3 Å². The van der Waals surface area contributed by atoms with Gasteiger partial charge in [-0.1, -0.05) is 12.1 Å². The minimum atomic E-state index is -0.0776. The third-order valence-corrected chi connectivity index (χ3v) is 5.25. The quantitative estimate of drug-likeness (QED) is 0.775. The van der Waals surface area contributed by atoms with Gasteiger partial charge in [0.15, 0.2) is 0 Å². The van der Waals surface area contributed by atoms with Crippen molar-refractivity contribution in [3.05, 3.63) is 24.3 Å². The Morgan fingerprint density at radius 1 is 1.05 bits per heavy atom. The van der Waals surface area contributed by atoms with Gasteiger partial charge in [-0.05, 0) is 43.2 Å². The molecule has 3 aliphatic rings. The van der Waals surface area contributed by atoms with Gasteiger partial charge in [-0.2, -0.15) is 0 Å². The number of benzene rings is 1. The van der Waals surface area contributed by atoms with Gasteiger partial charge >= 0.3 is 0 Å². The standard InChI is InChI=1S/C16H17NO3/c1-20-12-5-3-2-4-11(12)17-15(18)13-9-6-7-10(8-9)14(13)16(17)19/h2-5,9-10,13-14H,6-8H2,1H3/t9-,10+,13+,14-. The molecule has 1 aromatic carbocycles. The van der Waals surface area contributed by atoms with Crippen molar-refractivity contribution in [2.75, 3.05) is 12.0 Å². The van der Waals surface area contributed by atoms with E-state index in [1.807, 2.05) is 12.1 Å². The van der Waals surface area contributed by atoms with E-state index >= 15 is 0 Å². The van der Waals surface area contributed by atoms with E-state index in [1.54, 1.807) is 19.2 Å². The predicted octanol–water partition coefficient (Wildman–Crippen LogP) is 2.23. The second-order valence-electron chi connectivity index (χ2n) is 6.07. The summed E-state index contributed by atoms with van der Waals surface area (Å²) in [6.45, 7) is 0. The van der Waals surface area contributed by atoms with Crippen LogP contribution in [0.4, 0.5) is 5.69 Å². The fourth-order valence-electron chi connectivity index (χ4n) is 4.46. The van der Waals surface area contributed by atoms with Gasteiger partial charge in [-0.25, -0.2) is 4.90 Å². The van der Waals surface area contributed by atoms with Crippen LogP contribution in [-0.2, 0) is 9.59 Å². The Balaban J connectivity index is 1.77. The minimum Gasteiger partial charge on any atom is -0.495 e. The number of carbonyl (C=O) groups is 2. The minimum absolute atomic E-state index is 0.0169. The maximum absolute atomic E-state index is 12.7. The van der Waals surface area contributed by atoms with Crippen molar-refractivity contribution in [1.82, 2.24) is 0 Å². The van der Waals surface area contributed by atoms with Crippen molar-refractivity contribution in [1.29, 1.82) is 0 Å². The second-order valence-corrected chi connectivity index (χ2v) is 6.07. The molecular weight excluding hydrogens is 254 g/mol. The molecule has 104 valence electrons. The summed E-state index contributed by atoms with van der Waals surface area (Å²) < 4.78 is 5.30. The highest BCUT2D eigenvalue weighted by Gasteiger charge is 2.61. The first-order chi connectivity index (χ1) is 9.72. The Morgan fingerprint density at radius 3 is 2.25 bits per heavy atom. The van der Waals surface area contributed by atoms with Gasteiger partial charge in [0, 0.05) is 0 Å². The number of imide groups is 1. The fourth-order valence-corrected chi connectivity index (χ4v) is 4.46. The van der Waals surface area contributed by atoms with Crippen LogP contribution in [0, 0.1) is 23.7 Å². The number of anilines is 1. The van der Waals surface area contributed by atoms with Crippen molar-refractivity contribution < 1.29 is 14.3 Å². The van der Waals surface area contributed by atoms with Crippen LogP contribution in [-0.4, -0.2) is 18.9 Å². The maximum Gasteiger partial charge on any atom is 0.238 e. The SMILES string of the molecule is COc1ccccc1N1C(=O)[C@@H]2[C@H]3CC[C@H](C3)[C@@H]2C1=O. The molecule has 0 aromatic heterocycles. The number of rotatable bonds is 2. The van der Waals surface area contributed by atoms with E-state index < -0.39 is 0 Å². The molecule has 4 atom stereocenters. The van der Waals surface area contributed by atoms with Crippen molar-refractivity contribution >= 4 is 17.5 Å². The van der Waals surface area contributed by atoms with Crippen LogP contribution in [0.2, 0.25) is 0 Å². The molecule has 1 saturated heterocycles. The summed E-state index contributed by atoms with van der Waals surface area (Å²) >= 11 is 0. The summed E-state index contributed by atoms with van der Waals surface area (Å²) in [7, 11) is 1.56. The molecule has 1 aromatic rings. The lowest BCUT2D eigenvalue weighted by Crippen LogP contribution is -2.33. The Bertz CT molecular complexity index is 569. The summed E-state index contributed by atoms with van der Waals surface area (Å²) in [5.41, 5.74) is 0.596. The highest BCUT2D eigenvalue weighted by atomic mass is 16.5. The Hall–Kier alpha value is -1.84. The molecule has 0 radical (unpaired) electrons. The van der Waals surface area contributed by atoms with E-state index in [0.717, 1.165) is 19.3 Å². The summed E-state index contributed by atoms with van der Waals surface area (Å²) in [5.74, 6) is 1.23. The Labute approximate surface area is 117 Å². The van der Waals surface area contributed by atoms with Crippen molar-refractivity contribution in [3.63, 3.8) is 0 Å². The summed E-state index contributed by atoms with van der Waals surface area (Å²) in [5, 5.41) is 0. The van der Waals surface area contributed by atoms with E-state index in [-0.39, 0.29) is 23.7 Å². The molecule has 4 heteroatoms. The predicted molar refractivity (Wildman–Crippen MR) is 73.3 cm³/mol.